The van der Waals surface area contributed by atoms with Gasteiger partial charge in [-0.15, -0.1) is 22.7 Å². The Morgan fingerprint density at radius 2 is 1.87 bits per heavy atom. The molecule has 0 spiro atoms. The van der Waals surface area contributed by atoms with E-state index in [0.717, 1.165) is 21.7 Å². The van der Waals surface area contributed by atoms with E-state index in [4.69, 9.17) is 4.42 Å². The van der Waals surface area contributed by atoms with E-state index in [1.54, 1.807) is 28.4 Å². The Kier molecular flexibility index (Phi) is 8.01. The number of urea groups is 1. The van der Waals surface area contributed by atoms with E-state index in [1.807, 2.05) is 54.6 Å². The van der Waals surface area contributed by atoms with E-state index in [0.29, 0.717) is 38.5 Å². The molecule has 38 heavy (non-hydrogen) atoms. The summed E-state index contributed by atoms with van der Waals surface area (Å²) < 4.78 is 5.83. The van der Waals surface area contributed by atoms with Crippen molar-refractivity contribution in [3.63, 3.8) is 0 Å². The van der Waals surface area contributed by atoms with Crippen LogP contribution in [0.3, 0.4) is 0 Å². The van der Waals surface area contributed by atoms with Gasteiger partial charge in [0.25, 0.3) is 0 Å². The normalized spacial score (nSPS) is 23.6. The molecule has 0 radical (unpaired) electrons. The summed E-state index contributed by atoms with van der Waals surface area (Å²) in [4.78, 5) is 48.0. The molecule has 4 unspecified atom stereocenters. The predicted octanol–water partition coefficient (Wildman–Crippen LogP) is 4.58. The van der Waals surface area contributed by atoms with Gasteiger partial charge in [-0.3, -0.25) is 9.59 Å². The maximum Gasteiger partial charge on any atom is 0.318 e. The average molecular weight is 555 g/mol. The summed E-state index contributed by atoms with van der Waals surface area (Å²) in [5.74, 6) is -0.566. The fourth-order valence-electron chi connectivity index (χ4n) is 5.68. The Morgan fingerprint density at radius 1 is 1.08 bits per heavy atom. The fraction of sp³-hybridized carbons (Fsp3) is 0.464. The van der Waals surface area contributed by atoms with Crippen molar-refractivity contribution < 1.29 is 18.8 Å². The summed E-state index contributed by atoms with van der Waals surface area (Å²) in [5.41, 5.74) is 1.02. The number of thiophene rings is 2. The first-order chi connectivity index (χ1) is 18.4. The second-order valence-corrected chi connectivity index (χ2v) is 11.8. The molecule has 0 aromatic carbocycles. The minimum Gasteiger partial charge on any atom is -0.458 e. The number of furan rings is 1. The van der Waals surface area contributed by atoms with Crippen LogP contribution in [0, 0.1) is 19.8 Å². The Balaban J connectivity index is 1.71. The minimum absolute atomic E-state index is 0.108. The Labute approximate surface area is 231 Å². The molecule has 0 aliphatic carbocycles. The van der Waals surface area contributed by atoms with Gasteiger partial charge >= 0.3 is 6.03 Å². The number of rotatable bonds is 7. The lowest BCUT2D eigenvalue weighted by Crippen LogP contribution is -2.56. The van der Waals surface area contributed by atoms with Gasteiger partial charge in [0.05, 0.1) is 12.0 Å². The molecule has 4 atom stereocenters. The van der Waals surface area contributed by atoms with Gasteiger partial charge in [0.15, 0.2) is 5.76 Å². The second kappa shape index (κ2) is 11.4. The molecule has 0 saturated carbocycles. The third-order valence-electron chi connectivity index (χ3n) is 7.43. The lowest BCUT2D eigenvalue weighted by atomic mass is 9.80. The van der Waals surface area contributed by atoms with E-state index in [1.165, 1.54) is 11.3 Å². The topological polar surface area (TPSA) is 94.9 Å². The number of carbonyl (C=O) groups excluding carboxylic acids is 3. The summed E-state index contributed by atoms with van der Waals surface area (Å²) in [6.45, 7) is 8.83. The van der Waals surface area contributed by atoms with Crippen molar-refractivity contribution in [2.24, 2.45) is 5.92 Å². The van der Waals surface area contributed by atoms with Gasteiger partial charge in [-0.05, 0) is 60.9 Å². The Morgan fingerprint density at radius 3 is 2.47 bits per heavy atom. The molecule has 10 heteroatoms. The molecule has 8 nitrogen and oxygen atoms in total. The summed E-state index contributed by atoms with van der Waals surface area (Å²) in [6, 6.07) is 7.65. The van der Waals surface area contributed by atoms with Crippen molar-refractivity contribution in [2.45, 2.75) is 45.2 Å². The number of piperazine rings is 1. The van der Waals surface area contributed by atoms with Crippen molar-refractivity contribution in [1.82, 2.24) is 20.4 Å². The molecule has 2 aliphatic rings. The van der Waals surface area contributed by atoms with Gasteiger partial charge in [-0.25, -0.2) is 4.79 Å². The van der Waals surface area contributed by atoms with Crippen molar-refractivity contribution in [3.8, 4) is 0 Å². The third-order valence-corrected chi connectivity index (χ3v) is 9.50. The standard InChI is InChI=1S/C28H34N4O4S2/c1-4-10-30-28(35)32-23(20-6-5-15-37-20)21(25(33)19-8-7-18(3)36-19)22(26-17(2)9-16-38-26)24(32)27(34)31-13-11-29-12-14-31/h5-9,15-16,21-24,29H,4,10-14H2,1-3H3,(H,30,35). The smallest absolute Gasteiger partial charge is 0.318 e. The van der Waals surface area contributed by atoms with Gasteiger partial charge in [0, 0.05) is 48.4 Å². The molecule has 3 aromatic heterocycles. The van der Waals surface area contributed by atoms with Gasteiger partial charge in [-0.1, -0.05) is 13.0 Å². The molecule has 5 rings (SSSR count). The first-order valence-corrected chi connectivity index (χ1v) is 14.9. The fourth-order valence-corrected chi connectivity index (χ4v) is 7.65. The third kappa shape index (κ3) is 4.92. The maximum atomic E-state index is 14.4. The summed E-state index contributed by atoms with van der Waals surface area (Å²) >= 11 is 3.05. The highest BCUT2D eigenvalue weighted by molar-refractivity contribution is 7.10. The highest BCUT2D eigenvalue weighted by atomic mass is 32.1. The summed E-state index contributed by atoms with van der Waals surface area (Å²) in [7, 11) is 0. The maximum absolute atomic E-state index is 14.4. The zero-order valence-electron chi connectivity index (χ0n) is 21.9. The molecule has 3 aromatic rings. The number of amides is 3. The minimum atomic E-state index is -0.820. The predicted molar refractivity (Wildman–Crippen MR) is 149 cm³/mol. The molecule has 2 aliphatic heterocycles. The zero-order chi connectivity index (χ0) is 26.8. The number of aryl methyl sites for hydroxylation is 2. The van der Waals surface area contributed by atoms with Gasteiger partial charge in [0.1, 0.15) is 11.8 Å². The van der Waals surface area contributed by atoms with Crippen LogP contribution in [0.1, 0.15) is 56.9 Å². The zero-order valence-corrected chi connectivity index (χ0v) is 23.6. The Hall–Kier alpha value is -2.95. The van der Waals surface area contributed by atoms with Gasteiger partial charge < -0.3 is 24.9 Å². The quantitative estimate of drug-likeness (QED) is 0.417. The largest absolute Gasteiger partial charge is 0.458 e. The van der Waals surface area contributed by atoms with Crippen molar-refractivity contribution in [2.75, 3.05) is 32.7 Å². The lowest BCUT2D eigenvalue weighted by Gasteiger charge is -2.36. The molecule has 2 fully saturated rings. The number of nitrogens with one attached hydrogen (secondary N) is 2. The molecule has 0 bridgehead atoms. The second-order valence-electron chi connectivity index (χ2n) is 9.91. The highest BCUT2D eigenvalue weighted by Crippen LogP contribution is 2.54. The van der Waals surface area contributed by atoms with Crippen LogP contribution < -0.4 is 10.6 Å². The van der Waals surface area contributed by atoms with Gasteiger partial charge in [-0.2, -0.15) is 0 Å². The monoisotopic (exact) mass is 554 g/mol. The molecular formula is C28H34N4O4S2. The number of nitrogens with zero attached hydrogens (tertiary/aromatic N) is 2. The van der Waals surface area contributed by atoms with E-state index < -0.39 is 23.9 Å². The van der Waals surface area contributed by atoms with Crippen molar-refractivity contribution in [1.29, 1.82) is 0 Å². The molecular weight excluding hydrogens is 520 g/mol. The molecule has 2 N–H and O–H groups in total. The van der Waals surface area contributed by atoms with Crippen LogP contribution in [-0.2, 0) is 4.79 Å². The van der Waals surface area contributed by atoms with Crippen molar-refractivity contribution >= 4 is 40.4 Å². The highest BCUT2D eigenvalue weighted by Gasteiger charge is 2.59. The number of hydrogen-bond acceptors (Lipinski definition) is 7. The SMILES string of the molecule is CCCNC(=O)N1C(C(=O)N2CCNCC2)C(c2sccc2C)C(C(=O)c2ccc(C)o2)C1c1cccs1. The van der Waals surface area contributed by atoms with Gasteiger partial charge in [0.2, 0.25) is 11.7 Å². The first-order valence-electron chi connectivity index (χ1n) is 13.2. The van der Waals surface area contributed by atoms with Crippen LogP contribution >= 0.6 is 22.7 Å². The number of Topliss-reactive ketones (excluding diaryl/α,β-unsaturated/α-hetero) is 1. The first kappa shape index (κ1) is 26.6. The van der Waals surface area contributed by atoms with E-state index in [-0.39, 0.29) is 23.5 Å². The molecule has 202 valence electrons. The number of hydrogen-bond donors (Lipinski definition) is 2. The van der Waals surface area contributed by atoms with E-state index in [9.17, 15) is 14.4 Å². The van der Waals surface area contributed by atoms with Crippen LogP contribution in [0.15, 0.2) is 45.5 Å². The number of carbonyl (C=O) groups is 3. The van der Waals surface area contributed by atoms with Crippen LogP contribution in [0.2, 0.25) is 0 Å². The number of ketones is 1. The van der Waals surface area contributed by atoms with E-state index >= 15 is 0 Å². The average Bonchev–Trinajstić information content (AvgIpc) is 3.73. The number of likely N-dealkylation sites (tertiary alicyclic amines) is 1. The van der Waals surface area contributed by atoms with Crippen molar-refractivity contribution in [3.05, 3.63) is 67.9 Å². The summed E-state index contributed by atoms with van der Waals surface area (Å²) in [5, 5.41) is 10.3. The lowest BCUT2D eigenvalue weighted by molar-refractivity contribution is -0.136. The summed E-state index contributed by atoms with van der Waals surface area (Å²) in [6.07, 6.45) is 0.765. The molecule has 3 amide bonds. The molecule has 5 heterocycles. The van der Waals surface area contributed by atoms with E-state index in [2.05, 4.69) is 10.6 Å². The van der Waals surface area contributed by atoms with Crippen LogP contribution in [0.25, 0.3) is 0 Å². The van der Waals surface area contributed by atoms with Crippen LogP contribution in [-0.4, -0.2) is 66.3 Å². The van der Waals surface area contributed by atoms with Crippen LogP contribution in [0.4, 0.5) is 4.79 Å². The van der Waals surface area contributed by atoms with Crippen LogP contribution in [0.5, 0.6) is 0 Å². The molecule has 2 saturated heterocycles. The Bertz CT molecular complexity index is 1280.